The first-order chi connectivity index (χ1) is 34.0. The molecule has 6 heteroatoms. The van der Waals surface area contributed by atoms with Crippen LogP contribution in [0.25, 0.3) is 0 Å². The molecule has 0 spiro atoms. The summed E-state index contributed by atoms with van der Waals surface area (Å²) in [7, 11) is 0. The van der Waals surface area contributed by atoms with Crippen molar-refractivity contribution in [2.75, 3.05) is 13.2 Å². The van der Waals surface area contributed by atoms with Crippen molar-refractivity contribution in [3.8, 4) is 0 Å². The average molecular weight is 966 g/mol. The predicted octanol–water partition coefficient (Wildman–Crippen LogP) is 20.0. The molecule has 0 saturated carbocycles. The van der Waals surface area contributed by atoms with Crippen LogP contribution in [0.4, 0.5) is 0 Å². The highest BCUT2D eigenvalue weighted by Crippen LogP contribution is 2.15. The van der Waals surface area contributed by atoms with Gasteiger partial charge >= 0.3 is 17.9 Å². The third-order valence-electron chi connectivity index (χ3n) is 13.0. The van der Waals surface area contributed by atoms with Crippen molar-refractivity contribution in [2.45, 2.75) is 309 Å². The Kier molecular flexibility index (Phi) is 55.3. The van der Waals surface area contributed by atoms with Crippen molar-refractivity contribution < 1.29 is 28.6 Å². The molecule has 0 aromatic carbocycles. The van der Waals surface area contributed by atoms with Gasteiger partial charge in [-0.15, -0.1) is 0 Å². The molecule has 0 bridgehead atoms. The summed E-state index contributed by atoms with van der Waals surface area (Å²) in [5.74, 6) is -0.946. The second-order valence-electron chi connectivity index (χ2n) is 19.9. The van der Waals surface area contributed by atoms with Crippen LogP contribution in [0.5, 0.6) is 0 Å². The molecule has 0 saturated heterocycles. The molecule has 0 N–H and O–H groups in total. The summed E-state index contributed by atoms with van der Waals surface area (Å²) in [6.45, 7) is 6.60. The highest BCUT2D eigenvalue weighted by Gasteiger charge is 2.19. The lowest BCUT2D eigenvalue weighted by atomic mass is 10.1. The molecule has 0 aliphatic carbocycles. The minimum Gasteiger partial charge on any atom is -0.462 e. The lowest BCUT2D eigenvalue weighted by molar-refractivity contribution is -0.167. The Labute approximate surface area is 428 Å². The molecule has 0 aliphatic heterocycles. The van der Waals surface area contributed by atoms with Gasteiger partial charge in [-0.05, 0) is 103 Å². The van der Waals surface area contributed by atoms with E-state index in [4.69, 9.17) is 14.2 Å². The fraction of sp³-hybridized carbons (Fsp3) is 0.794. The van der Waals surface area contributed by atoms with E-state index in [0.717, 1.165) is 57.8 Å². The zero-order valence-electron chi connectivity index (χ0n) is 45.8. The first kappa shape index (κ1) is 66.1. The molecule has 0 heterocycles. The summed E-state index contributed by atoms with van der Waals surface area (Å²) in [6, 6.07) is 0. The molecule has 0 atom stereocenters. The van der Waals surface area contributed by atoms with E-state index in [2.05, 4.69) is 81.5 Å². The highest BCUT2D eigenvalue weighted by molar-refractivity contribution is 5.71. The molecule has 0 rings (SSSR count). The van der Waals surface area contributed by atoms with Crippen molar-refractivity contribution in [1.29, 1.82) is 0 Å². The van der Waals surface area contributed by atoms with Crippen molar-refractivity contribution in [2.24, 2.45) is 0 Å². The number of hydrogen-bond acceptors (Lipinski definition) is 6. The molecule has 0 amide bonds. The Morgan fingerprint density at radius 3 is 0.870 bits per heavy atom. The van der Waals surface area contributed by atoms with Crippen LogP contribution in [0.2, 0.25) is 0 Å². The number of hydrogen-bond donors (Lipinski definition) is 0. The van der Waals surface area contributed by atoms with Gasteiger partial charge in [-0.25, -0.2) is 0 Å². The van der Waals surface area contributed by atoms with Crippen LogP contribution in [0.3, 0.4) is 0 Å². The quantitative estimate of drug-likeness (QED) is 0.0262. The fourth-order valence-electron chi connectivity index (χ4n) is 8.45. The number of rotatable bonds is 54. The molecule has 0 aliphatic rings. The monoisotopic (exact) mass is 965 g/mol. The van der Waals surface area contributed by atoms with E-state index in [1.54, 1.807) is 0 Å². The van der Waals surface area contributed by atoms with Crippen molar-refractivity contribution in [3.05, 3.63) is 60.8 Å². The van der Waals surface area contributed by atoms with Gasteiger partial charge in [-0.2, -0.15) is 0 Å². The molecular formula is C63H112O6. The number of carbonyl (C=O) groups excluding carboxylic acids is 3. The van der Waals surface area contributed by atoms with Crippen molar-refractivity contribution >= 4 is 17.9 Å². The van der Waals surface area contributed by atoms with E-state index >= 15 is 0 Å². The lowest BCUT2D eigenvalue weighted by Gasteiger charge is -2.18. The lowest BCUT2D eigenvalue weighted by Crippen LogP contribution is -2.30. The van der Waals surface area contributed by atoms with Gasteiger partial charge in [0.25, 0.3) is 0 Å². The second kappa shape index (κ2) is 57.7. The van der Waals surface area contributed by atoms with Gasteiger partial charge in [0.1, 0.15) is 13.2 Å². The van der Waals surface area contributed by atoms with Crippen LogP contribution < -0.4 is 0 Å². The Morgan fingerprint density at radius 1 is 0.290 bits per heavy atom. The van der Waals surface area contributed by atoms with Crippen LogP contribution in [-0.2, 0) is 28.6 Å². The van der Waals surface area contributed by atoms with E-state index < -0.39 is 6.10 Å². The number of esters is 3. The van der Waals surface area contributed by atoms with Gasteiger partial charge in [-0.1, -0.05) is 242 Å². The van der Waals surface area contributed by atoms with Crippen LogP contribution in [-0.4, -0.2) is 37.2 Å². The number of allylic oxidation sites excluding steroid dienone is 10. The van der Waals surface area contributed by atoms with Crippen LogP contribution in [0, 0.1) is 0 Å². The Bertz CT molecular complexity index is 1190. The molecule has 6 nitrogen and oxygen atoms in total. The number of unbranched alkanes of at least 4 members (excludes halogenated alkanes) is 33. The first-order valence-corrected chi connectivity index (χ1v) is 29.8. The van der Waals surface area contributed by atoms with Crippen molar-refractivity contribution in [1.82, 2.24) is 0 Å². The van der Waals surface area contributed by atoms with Crippen LogP contribution >= 0.6 is 0 Å². The minimum atomic E-state index is -0.804. The summed E-state index contributed by atoms with van der Waals surface area (Å²) in [4.78, 5) is 38.2. The Balaban J connectivity index is 4.45. The first-order valence-electron chi connectivity index (χ1n) is 29.8. The van der Waals surface area contributed by atoms with Gasteiger partial charge in [-0.3, -0.25) is 14.4 Å². The normalized spacial score (nSPS) is 12.1. The maximum atomic E-state index is 12.8. The zero-order chi connectivity index (χ0) is 50.0. The molecule has 69 heavy (non-hydrogen) atoms. The summed E-state index contributed by atoms with van der Waals surface area (Å²) in [5.41, 5.74) is 0. The average Bonchev–Trinajstić information content (AvgIpc) is 3.35. The maximum Gasteiger partial charge on any atom is 0.306 e. The molecule has 400 valence electrons. The largest absolute Gasteiger partial charge is 0.462 e. The number of ether oxygens (including phenoxy) is 3. The molecule has 0 unspecified atom stereocenters. The van der Waals surface area contributed by atoms with Gasteiger partial charge in [0, 0.05) is 19.3 Å². The fourth-order valence-corrected chi connectivity index (χ4v) is 8.45. The van der Waals surface area contributed by atoms with Gasteiger partial charge in [0.15, 0.2) is 6.10 Å². The van der Waals surface area contributed by atoms with Crippen molar-refractivity contribution in [3.63, 3.8) is 0 Å². The molecule has 0 radical (unpaired) electrons. The van der Waals surface area contributed by atoms with E-state index in [9.17, 15) is 14.4 Å². The van der Waals surface area contributed by atoms with E-state index in [1.165, 1.54) is 199 Å². The molecular weight excluding hydrogens is 853 g/mol. The highest BCUT2D eigenvalue weighted by atomic mass is 16.6. The van der Waals surface area contributed by atoms with Crippen LogP contribution in [0.15, 0.2) is 60.8 Å². The smallest absolute Gasteiger partial charge is 0.306 e. The van der Waals surface area contributed by atoms with E-state index in [0.29, 0.717) is 19.3 Å². The summed E-state index contributed by atoms with van der Waals surface area (Å²) in [5, 5.41) is 0. The third-order valence-corrected chi connectivity index (χ3v) is 13.0. The maximum absolute atomic E-state index is 12.8. The van der Waals surface area contributed by atoms with E-state index in [1.807, 2.05) is 0 Å². The second-order valence-corrected chi connectivity index (χ2v) is 19.9. The number of carbonyl (C=O) groups is 3. The topological polar surface area (TPSA) is 78.9 Å². The van der Waals surface area contributed by atoms with E-state index in [-0.39, 0.29) is 37.5 Å². The van der Waals surface area contributed by atoms with Gasteiger partial charge in [0.2, 0.25) is 0 Å². The summed E-state index contributed by atoms with van der Waals surface area (Å²) >= 11 is 0. The summed E-state index contributed by atoms with van der Waals surface area (Å²) in [6.07, 6.45) is 72.2. The molecule has 0 fully saturated rings. The SMILES string of the molecule is CCCCCCCC/C=C\C/C=C\C/C=C\CCCC(=O)OC(COC(=O)CCCCCCCCC/C=C\CCCCCCCC)COC(=O)CCCCCCCCC/C=C\CCCCCCCC. The molecule has 0 aromatic heterocycles. The predicted molar refractivity (Wildman–Crippen MR) is 298 cm³/mol. The summed E-state index contributed by atoms with van der Waals surface area (Å²) < 4.78 is 16.8. The van der Waals surface area contributed by atoms with Crippen LogP contribution in [0.1, 0.15) is 303 Å². The van der Waals surface area contributed by atoms with Gasteiger partial charge < -0.3 is 14.2 Å². The van der Waals surface area contributed by atoms with Gasteiger partial charge in [0.05, 0.1) is 0 Å². The molecule has 0 aromatic rings. The zero-order valence-corrected chi connectivity index (χ0v) is 45.8. The third kappa shape index (κ3) is 55.9. The Morgan fingerprint density at radius 2 is 0.536 bits per heavy atom. The standard InChI is InChI=1S/C63H112O6/c1-4-7-10-13-16-19-22-25-28-31-34-37-40-43-46-49-52-55-61(64)67-58-60(69-63(66)57-54-51-48-45-42-39-36-33-30-27-24-21-18-15-12-9-6-3)59-68-62(65)56-53-50-47-44-41-38-35-32-29-26-23-20-17-14-11-8-5-2/h25-30,36,39,45,48,60H,4-24,31-35,37-38,40-44,46-47,49-59H2,1-3H3/b28-25-,29-26-,30-27-,39-36-,48-45-. The minimum absolute atomic E-state index is 0.0966. The Hall–Kier alpha value is -2.89.